The van der Waals surface area contributed by atoms with E-state index in [1.807, 2.05) is 52.0 Å². The number of anilines is 3. The third kappa shape index (κ3) is 14.0. The molecule has 8 N–H and O–H groups in total. The highest BCUT2D eigenvalue weighted by molar-refractivity contribution is 7.92. The number of carbonyl (C=O) groups is 4. The Morgan fingerprint density at radius 1 is 0.973 bits per heavy atom. The SMILES string of the molecule is CCS(=O)(=O)Nc1ccc(-c2n[nH]c(Nc3ccc(OCCCCC(=O)NC(C(=O)N4C[C@H](O)C[C@H]4C(=O)NCc4ccc(-c5scnc5C)cc4)C(C)(C)C)cn3)c2C(N)=O)cc1OCc1ccc(F)cc1. The van der Waals surface area contributed by atoms with Crippen molar-refractivity contribution in [2.75, 3.05) is 28.9 Å². The molecule has 0 spiro atoms. The van der Waals surface area contributed by atoms with E-state index in [1.165, 1.54) is 54.4 Å². The number of β-amino-alcohol motifs (C(OH)–C–C–N with tert-alkyl or cyclic N) is 1. The van der Waals surface area contributed by atoms with Gasteiger partial charge in [-0.15, -0.1) is 11.3 Å². The van der Waals surface area contributed by atoms with E-state index in [4.69, 9.17) is 15.2 Å². The predicted octanol–water partition coefficient (Wildman–Crippen LogP) is 6.58. The molecule has 1 saturated heterocycles. The van der Waals surface area contributed by atoms with Crippen molar-refractivity contribution in [2.24, 2.45) is 11.1 Å². The molecule has 19 nitrogen and oxygen atoms in total. The van der Waals surface area contributed by atoms with Crippen LogP contribution in [0.4, 0.5) is 21.7 Å². The number of pyridine rings is 1. The summed E-state index contributed by atoms with van der Waals surface area (Å²) in [6.07, 6.45) is 1.71. The largest absolute Gasteiger partial charge is 0.492 e. The van der Waals surface area contributed by atoms with E-state index in [0.29, 0.717) is 35.5 Å². The van der Waals surface area contributed by atoms with Crippen LogP contribution in [-0.2, 0) is 37.6 Å². The zero-order chi connectivity index (χ0) is 52.5. The molecule has 386 valence electrons. The van der Waals surface area contributed by atoms with Gasteiger partial charge in [0, 0.05) is 31.5 Å². The first-order chi connectivity index (χ1) is 34.8. The number of rotatable bonds is 22. The second kappa shape index (κ2) is 23.4. The van der Waals surface area contributed by atoms with Crippen molar-refractivity contribution in [3.63, 3.8) is 0 Å². The number of nitrogens with one attached hydrogen (secondary N) is 5. The summed E-state index contributed by atoms with van der Waals surface area (Å²) < 4.78 is 52.8. The van der Waals surface area contributed by atoms with Crippen LogP contribution in [0.5, 0.6) is 11.5 Å². The summed E-state index contributed by atoms with van der Waals surface area (Å²) in [5.74, 6) is -1.58. The summed E-state index contributed by atoms with van der Waals surface area (Å²) in [7, 11) is -3.70. The van der Waals surface area contributed by atoms with Crippen LogP contribution in [0.2, 0.25) is 0 Å². The number of H-pyrrole nitrogens is 1. The monoisotopic (exact) mass is 1040 g/mol. The van der Waals surface area contributed by atoms with Crippen LogP contribution in [0.3, 0.4) is 0 Å². The molecule has 73 heavy (non-hydrogen) atoms. The fraction of sp³-hybridized carbons (Fsp3) is 0.353. The van der Waals surface area contributed by atoms with Crippen LogP contribution in [0.1, 0.15) is 80.6 Å². The van der Waals surface area contributed by atoms with Crippen LogP contribution in [0, 0.1) is 18.2 Å². The molecule has 1 fully saturated rings. The summed E-state index contributed by atoms with van der Waals surface area (Å²) in [5, 5.41) is 26.5. The Bertz CT molecular complexity index is 3020. The molecule has 3 aromatic heterocycles. The first-order valence-corrected chi connectivity index (χ1v) is 26.1. The van der Waals surface area contributed by atoms with E-state index in [2.05, 4.69) is 40.8 Å². The van der Waals surface area contributed by atoms with E-state index in [9.17, 15) is 37.1 Å². The molecule has 1 aliphatic rings. The maximum Gasteiger partial charge on any atom is 0.254 e. The highest BCUT2D eigenvalue weighted by atomic mass is 32.2. The first kappa shape index (κ1) is 53.4. The maximum absolute atomic E-state index is 14.1. The highest BCUT2D eigenvalue weighted by Gasteiger charge is 2.44. The number of primary amides is 1. The summed E-state index contributed by atoms with van der Waals surface area (Å²) in [4.78, 5) is 64.8. The third-order valence-electron chi connectivity index (χ3n) is 12.0. The molecule has 3 aromatic carbocycles. The summed E-state index contributed by atoms with van der Waals surface area (Å²) in [5.41, 5.74) is 11.1. The number of aryl methyl sites for hydroxylation is 1. The average molecular weight is 1040 g/mol. The highest BCUT2D eigenvalue weighted by Crippen LogP contribution is 2.36. The summed E-state index contributed by atoms with van der Waals surface area (Å²) in [6.45, 7) is 9.38. The number of hydrogen-bond donors (Lipinski definition) is 7. The number of aromatic nitrogens is 4. The second-order valence-electron chi connectivity index (χ2n) is 18.6. The van der Waals surface area contributed by atoms with Crippen molar-refractivity contribution in [1.29, 1.82) is 0 Å². The average Bonchev–Trinajstić information content (AvgIpc) is 4.10. The van der Waals surface area contributed by atoms with Crippen LogP contribution < -0.4 is 35.9 Å². The number of nitrogens with zero attached hydrogens (tertiary/aromatic N) is 4. The smallest absolute Gasteiger partial charge is 0.254 e. The van der Waals surface area contributed by atoms with E-state index in [-0.39, 0.29) is 85.2 Å². The van der Waals surface area contributed by atoms with Gasteiger partial charge in [-0.2, -0.15) is 5.10 Å². The van der Waals surface area contributed by atoms with Gasteiger partial charge in [0.1, 0.15) is 58.9 Å². The summed E-state index contributed by atoms with van der Waals surface area (Å²) in [6, 6.07) is 19.4. The fourth-order valence-corrected chi connectivity index (χ4v) is 9.45. The minimum Gasteiger partial charge on any atom is -0.492 e. The number of thiazole rings is 1. The minimum absolute atomic E-state index is 0.00531. The molecule has 22 heteroatoms. The molecule has 0 aliphatic carbocycles. The zero-order valence-electron chi connectivity index (χ0n) is 41.0. The quantitative estimate of drug-likeness (QED) is 0.0355. The summed E-state index contributed by atoms with van der Waals surface area (Å²) >= 11 is 1.56. The molecule has 4 heterocycles. The number of hydrogen-bond acceptors (Lipinski definition) is 14. The minimum atomic E-state index is -3.70. The zero-order valence-corrected chi connectivity index (χ0v) is 42.7. The van der Waals surface area contributed by atoms with E-state index < -0.39 is 51.3 Å². The number of benzene rings is 3. The molecular formula is C51H59FN10O9S2. The number of nitrogens with two attached hydrogens (primary N) is 1. The van der Waals surface area contributed by atoms with Gasteiger partial charge in [-0.3, -0.25) is 29.0 Å². The number of amides is 4. The van der Waals surface area contributed by atoms with Gasteiger partial charge in [-0.25, -0.2) is 22.8 Å². The van der Waals surface area contributed by atoms with E-state index in [1.54, 1.807) is 35.0 Å². The van der Waals surface area contributed by atoms with Crippen molar-refractivity contribution in [1.82, 2.24) is 35.7 Å². The van der Waals surface area contributed by atoms with Crippen LogP contribution in [0.15, 0.2) is 90.6 Å². The second-order valence-corrected chi connectivity index (χ2v) is 21.4. The Labute approximate surface area is 426 Å². The van der Waals surface area contributed by atoms with Gasteiger partial charge in [-0.05, 0) is 85.2 Å². The van der Waals surface area contributed by atoms with E-state index >= 15 is 0 Å². The number of aromatic amines is 1. The van der Waals surface area contributed by atoms with Gasteiger partial charge in [0.05, 0.1) is 46.4 Å². The van der Waals surface area contributed by atoms with Gasteiger partial charge >= 0.3 is 0 Å². The molecule has 6 aromatic rings. The lowest BCUT2D eigenvalue weighted by atomic mass is 9.85. The predicted molar refractivity (Wildman–Crippen MR) is 275 cm³/mol. The molecule has 0 radical (unpaired) electrons. The molecular weight excluding hydrogens is 980 g/mol. The molecule has 3 atom stereocenters. The van der Waals surface area contributed by atoms with Gasteiger partial charge in [0.2, 0.25) is 27.7 Å². The molecule has 7 rings (SSSR count). The lowest BCUT2D eigenvalue weighted by molar-refractivity contribution is -0.144. The Morgan fingerprint density at radius 2 is 1.70 bits per heavy atom. The number of halogens is 1. The van der Waals surface area contributed by atoms with Crippen molar-refractivity contribution in [3.05, 3.63) is 119 Å². The third-order valence-corrected chi connectivity index (χ3v) is 14.3. The number of aliphatic hydroxyl groups excluding tert-OH is 1. The lowest BCUT2D eigenvalue weighted by Crippen LogP contribution is -2.57. The van der Waals surface area contributed by atoms with Gasteiger partial charge in [0.15, 0.2) is 0 Å². The Morgan fingerprint density at radius 3 is 2.36 bits per heavy atom. The Hall–Kier alpha value is -7.43. The molecule has 0 saturated carbocycles. The molecule has 0 bridgehead atoms. The van der Waals surface area contributed by atoms with Crippen molar-refractivity contribution in [3.8, 4) is 33.2 Å². The topological polar surface area (TPSA) is 273 Å². The maximum atomic E-state index is 14.1. The number of sulfonamides is 1. The number of ether oxygens (including phenoxy) is 2. The van der Waals surface area contributed by atoms with Gasteiger partial charge < -0.3 is 41.2 Å². The molecule has 1 unspecified atom stereocenters. The van der Waals surface area contributed by atoms with Crippen LogP contribution in [-0.4, -0.2) is 99.3 Å². The van der Waals surface area contributed by atoms with Crippen LogP contribution >= 0.6 is 11.3 Å². The van der Waals surface area contributed by atoms with Gasteiger partial charge in [0.25, 0.3) is 5.91 Å². The van der Waals surface area contributed by atoms with E-state index in [0.717, 1.165) is 21.7 Å². The number of likely N-dealkylation sites (tertiary alicyclic amines) is 1. The number of unbranched alkanes of at least 4 members (excludes halogenated alkanes) is 1. The fourth-order valence-electron chi connectivity index (χ4n) is 7.99. The first-order valence-electron chi connectivity index (χ1n) is 23.6. The Kier molecular flexibility index (Phi) is 17.1. The number of carbonyl (C=O) groups excluding carboxylic acids is 4. The number of aliphatic hydroxyl groups is 1. The van der Waals surface area contributed by atoms with Crippen molar-refractivity contribution >= 4 is 62.3 Å². The molecule has 4 amide bonds. The Balaban J connectivity index is 0.895. The van der Waals surface area contributed by atoms with Crippen LogP contribution in [0.25, 0.3) is 21.7 Å². The van der Waals surface area contributed by atoms with Crippen molar-refractivity contribution < 1.29 is 46.6 Å². The van der Waals surface area contributed by atoms with Gasteiger partial charge in [-0.1, -0.05) is 63.2 Å². The van der Waals surface area contributed by atoms with Crippen molar-refractivity contribution in [2.45, 2.75) is 91.6 Å². The normalized spacial score (nSPS) is 15.1. The molecule has 1 aliphatic heterocycles. The standard InChI is InChI=1S/C51H59FN10O9S2/c1-6-73(68,69)61-38-20-16-34(23-40(38)71-28-32-12-17-35(52)18-13-32)44-43(47(53)65)48(60-59-44)57-41-21-19-37(26-54-41)70-22-8-7-9-42(64)58-46(51(3,4)5)50(67)62-27-36(63)24-39(62)49(66)55-25-31-10-14-33(15-11-31)45-30(2)56-29-72-45/h10-21,23,26,29,36,39,46,61,63H,6-9,22,24-25,27-28H2,1-5H3,(H2,53,65)(H,55,66)(H,58,64)(H2,54,57,59,60)/t36-,39+,46?/m1/s1. The lowest BCUT2D eigenvalue weighted by Gasteiger charge is -2.35.